The second-order valence-corrected chi connectivity index (χ2v) is 5.49. The number of halogens is 1. The molecule has 0 aromatic carbocycles. The van der Waals surface area contributed by atoms with E-state index in [1.165, 1.54) is 0 Å². The smallest absolute Gasteiger partial charge is 0.255 e. The summed E-state index contributed by atoms with van der Waals surface area (Å²) in [5.74, 6) is 0.682. The molecule has 1 N–H and O–H groups in total. The first-order valence-corrected chi connectivity index (χ1v) is 6.90. The van der Waals surface area contributed by atoms with E-state index >= 15 is 0 Å². The Morgan fingerprint density at radius 2 is 2.30 bits per heavy atom. The zero-order chi connectivity index (χ0) is 14.1. The quantitative estimate of drug-likeness (QED) is 0.914. The molecule has 20 heavy (non-hydrogen) atoms. The maximum atomic E-state index is 12.0. The highest BCUT2D eigenvalue weighted by atomic mass is 35.5. The Hall–Kier alpha value is -1.72. The molecule has 0 atom stereocenters. The summed E-state index contributed by atoms with van der Waals surface area (Å²) in [6.45, 7) is 4.05. The molecule has 0 radical (unpaired) electrons. The molecule has 6 heteroatoms. The number of H-pyrrole nitrogens is 1. The van der Waals surface area contributed by atoms with Gasteiger partial charge in [-0.2, -0.15) is 0 Å². The summed E-state index contributed by atoms with van der Waals surface area (Å²) in [7, 11) is 0. The van der Waals surface area contributed by atoms with Crippen LogP contribution in [0.5, 0.6) is 0 Å². The summed E-state index contributed by atoms with van der Waals surface area (Å²) in [5, 5.41) is 0.634. The standard InChI is InChI=1S/C14H15ClN4O/c1-9-17-13-2-3-19(8-12(13)14(20)18-9)7-10-4-11(15)6-16-5-10/h4-6H,2-3,7-8H2,1H3,(H,17,18,20). The summed E-state index contributed by atoms with van der Waals surface area (Å²) in [6, 6.07) is 1.90. The second kappa shape index (κ2) is 5.34. The second-order valence-electron chi connectivity index (χ2n) is 5.05. The van der Waals surface area contributed by atoms with Crippen molar-refractivity contribution in [1.29, 1.82) is 0 Å². The number of nitrogens with zero attached hydrogens (tertiary/aromatic N) is 3. The van der Waals surface area contributed by atoms with Crippen LogP contribution in [0.15, 0.2) is 23.3 Å². The van der Waals surface area contributed by atoms with E-state index in [2.05, 4.69) is 19.9 Å². The number of nitrogens with one attached hydrogen (secondary N) is 1. The van der Waals surface area contributed by atoms with Crippen molar-refractivity contribution < 1.29 is 0 Å². The third-order valence-corrected chi connectivity index (χ3v) is 3.64. The van der Waals surface area contributed by atoms with E-state index in [0.29, 0.717) is 17.4 Å². The van der Waals surface area contributed by atoms with Crippen LogP contribution >= 0.6 is 11.6 Å². The molecule has 3 heterocycles. The molecule has 0 aliphatic carbocycles. The molecule has 2 aromatic heterocycles. The van der Waals surface area contributed by atoms with E-state index in [9.17, 15) is 4.79 Å². The number of rotatable bonds is 2. The maximum absolute atomic E-state index is 12.0. The molecule has 0 amide bonds. The number of hydrogen-bond donors (Lipinski definition) is 1. The van der Waals surface area contributed by atoms with Crippen molar-refractivity contribution >= 4 is 11.6 Å². The number of aromatic nitrogens is 3. The van der Waals surface area contributed by atoms with Gasteiger partial charge in [-0.1, -0.05) is 11.6 Å². The van der Waals surface area contributed by atoms with E-state index in [0.717, 1.165) is 36.3 Å². The van der Waals surface area contributed by atoms with E-state index in [1.807, 2.05) is 13.0 Å². The predicted octanol–water partition coefficient (Wildman–Crippen LogP) is 1.69. The Labute approximate surface area is 121 Å². The lowest BCUT2D eigenvalue weighted by Gasteiger charge is -2.27. The van der Waals surface area contributed by atoms with Crippen LogP contribution in [0.2, 0.25) is 5.02 Å². The Bertz CT molecular complexity index is 698. The summed E-state index contributed by atoms with van der Waals surface area (Å²) in [5.41, 5.74) is 2.72. The Morgan fingerprint density at radius 1 is 1.45 bits per heavy atom. The van der Waals surface area contributed by atoms with Gasteiger partial charge in [-0.05, 0) is 18.6 Å². The number of aromatic amines is 1. The lowest BCUT2D eigenvalue weighted by Crippen LogP contribution is -2.35. The van der Waals surface area contributed by atoms with Crippen LogP contribution in [0.4, 0.5) is 0 Å². The lowest BCUT2D eigenvalue weighted by atomic mass is 10.1. The monoisotopic (exact) mass is 290 g/mol. The molecule has 5 nitrogen and oxygen atoms in total. The molecule has 1 aliphatic heterocycles. The highest BCUT2D eigenvalue weighted by Gasteiger charge is 2.20. The molecule has 3 rings (SSSR count). The first-order chi connectivity index (χ1) is 9.61. The fourth-order valence-corrected chi connectivity index (χ4v) is 2.74. The molecule has 0 saturated carbocycles. The maximum Gasteiger partial charge on any atom is 0.255 e. The van der Waals surface area contributed by atoms with Gasteiger partial charge in [0.25, 0.3) is 5.56 Å². The number of fused-ring (bicyclic) bond motifs is 1. The minimum Gasteiger partial charge on any atom is -0.310 e. The van der Waals surface area contributed by atoms with Gasteiger partial charge in [0.2, 0.25) is 0 Å². The van der Waals surface area contributed by atoms with Crippen molar-refractivity contribution in [1.82, 2.24) is 19.9 Å². The van der Waals surface area contributed by atoms with E-state index < -0.39 is 0 Å². The molecule has 0 saturated heterocycles. The normalized spacial score (nSPS) is 15.1. The van der Waals surface area contributed by atoms with Gasteiger partial charge in [0.05, 0.1) is 16.3 Å². The zero-order valence-electron chi connectivity index (χ0n) is 11.2. The highest BCUT2D eigenvalue weighted by Crippen LogP contribution is 2.17. The number of pyridine rings is 1. The van der Waals surface area contributed by atoms with Crippen LogP contribution in [-0.4, -0.2) is 26.4 Å². The molecule has 0 unspecified atom stereocenters. The minimum absolute atomic E-state index is 0.0265. The summed E-state index contributed by atoms with van der Waals surface area (Å²) in [6.07, 6.45) is 4.22. The number of hydrogen-bond acceptors (Lipinski definition) is 4. The molecule has 0 spiro atoms. The van der Waals surface area contributed by atoms with Gasteiger partial charge in [-0.15, -0.1) is 0 Å². The largest absolute Gasteiger partial charge is 0.310 e. The van der Waals surface area contributed by atoms with Crippen LogP contribution < -0.4 is 5.56 Å². The van der Waals surface area contributed by atoms with Gasteiger partial charge in [-0.3, -0.25) is 14.7 Å². The average Bonchev–Trinajstić information content (AvgIpc) is 2.39. The van der Waals surface area contributed by atoms with Crippen molar-refractivity contribution in [3.05, 3.63) is 56.5 Å². The lowest BCUT2D eigenvalue weighted by molar-refractivity contribution is 0.241. The molecular formula is C14H15ClN4O. The van der Waals surface area contributed by atoms with Gasteiger partial charge in [0.1, 0.15) is 5.82 Å². The predicted molar refractivity (Wildman–Crippen MR) is 76.7 cm³/mol. The van der Waals surface area contributed by atoms with Gasteiger partial charge < -0.3 is 4.98 Å². The molecule has 0 fully saturated rings. The molecule has 104 valence electrons. The minimum atomic E-state index is -0.0265. The van der Waals surface area contributed by atoms with E-state index in [-0.39, 0.29) is 5.56 Å². The van der Waals surface area contributed by atoms with Gasteiger partial charge in [0.15, 0.2) is 0 Å². The zero-order valence-corrected chi connectivity index (χ0v) is 11.9. The first-order valence-electron chi connectivity index (χ1n) is 6.52. The van der Waals surface area contributed by atoms with Crippen LogP contribution in [0.25, 0.3) is 0 Å². The van der Waals surface area contributed by atoms with Crippen LogP contribution in [-0.2, 0) is 19.5 Å². The highest BCUT2D eigenvalue weighted by molar-refractivity contribution is 6.30. The van der Waals surface area contributed by atoms with Crippen molar-refractivity contribution in [3.8, 4) is 0 Å². The number of aryl methyl sites for hydroxylation is 1. The Morgan fingerprint density at radius 3 is 3.10 bits per heavy atom. The fourth-order valence-electron chi connectivity index (χ4n) is 2.54. The SMILES string of the molecule is Cc1nc2c(c(=O)[nH]1)CN(Cc1cncc(Cl)c1)CC2. The fraction of sp³-hybridized carbons (Fsp3) is 0.357. The Kier molecular flexibility index (Phi) is 3.54. The third-order valence-electron chi connectivity index (χ3n) is 3.43. The molecular weight excluding hydrogens is 276 g/mol. The molecule has 0 bridgehead atoms. The van der Waals surface area contributed by atoms with Crippen molar-refractivity contribution in [2.75, 3.05) is 6.54 Å². The van der Waals surface area contributed by atoms with Crippen LogP contribution in [0, 0.1) is 6.92 Å². The Balaban J connectivity index is 1.81. The van der Waals surface area contributed by atoms with Gasteiger partial charge in [-0.25, -0.2) is 4.98 Å². The first kappa shape index (κ1) is 13.3. The molecule has 1 aliphatic rings. The third kappa shape index (κ3) is 2.73. The van der Waals surface area contributed by atoms with Crippen LogP contribution in [0.3, 0.4) is 0 Å². The summed E-state index contributed by atoms with van der Waals surface area (Å²) >= 11 is 5.94. The van der Waals surface area contributed by atoms with Crippen molar-refractivity contribution in [2.24, 2.45) is 0 Å². The van der Waals surface area contributed by atoms with Gasteiger partial charge in [0, 0.05) is 38.4 Å². The van der Waals surface area contributed by atoms with Gasteiger partial charge >= 0.3 is 0 Å². The van der Waals surface area contributed by atoms with Crippen molar-refractivity contribution in [2.45, 2.75) is 26.4 Å². The van der Waals surface area contributed by atoms with E-state index in [1.54, 1.807) is 12.4 Å². The molecule has 2 aromatic rings. The summed E-state index contributed by atoms with van der Waals surface area (Å²) < 4.78 is 0. The van der Waals surface area contributed by atoms with Crippen molar-refractivity contribution in [3.63, 3.8) is 0 Å². The summed E-state index contributed by atoms with van der Waals surface area (Å²) in [4.78, 5) is 25.5. The average molecular weight is 291 g/mol. The van der Waals surface area contributed by atoms with Crippen LogP contribution in [0.1, 0.15) is 22.6 Å². The van der Waals surface area contributed by atoms with E-state index in [4.69, 9.17) is 11.6 Å². The topological polar surface area (TPSA) is 61.9 Å².